The average Bonchev–Trinajstić information content (AvgIpc) is 2.22. The first kappa shape index (κ1) is 15.7. The maximum Gasteiger partial charge on any atom is 0.407 e. The molecule has 0 rings (SSSR count). The third kappa shape index (κ3) is 5.53. The molecule has 0 aromatic carbocycles. The molecule has 3 N–H and O–H groups in total. The summed E-state index contributed by atoms with van der Waals surface area (Å²) in [6.45, 7) is 6.98. The molecule has 6 nitrogen and oxygen atoms in total. The summed E-state index contributed by atoms with van der Waals surface area (Å²) in [6, 6.07) is 0. The highest BCUT2D eigenvalue weighted by Gasteiger charge is 2.34. The average molecular weight is 246 g/mol. The Bertz CT molecular complexity index is 286. The highest BCUT2D eigenvalue weighted by Crippen LogP contribution is 2.09. The van der Waals surface area contributed by atoms with Gasteiger partial charge >= 0.3 is 12.1 Å². The molecule has 0 spiro atoms. The van der Waals surface area contributed by atoms with E-state index in [0.29, 0.717) is 6.42 Å². The van der Waals surface area contributed by atoms with Gasteiger partial charge in [0.2, 0.25) is 0 Å². The van der Waals surface area contributed by atoms with E-state index in [1.807, 2.05) is 0 Å². The van der Waals surface area contributed by atoms with Crippen LogP contribution in [0.15, 0.2) is 0 Å². The smallest absolute Gasteiger partial charge is 0.407 e. The van der Waals surface area contributed by atoms with Gasteiger partial charge in [-0.05, 0) is 27.2 Å². The molecular weight excluding hydrogens is 224 g/mol. The van der Waals surface area contributed by atoms with Gasteiger partial charge in [0.15, 0.2) is 0 Å². The monoisotopic (exact) mass is 246 g/mol. The van der Waals surface area contributed by atoms with Gasteiger partial charge in [0, 0.05) is 6.54 Å². The first-order valence-electron chi connectivity index (χ1n) is 5.49. The van der Waals surface area contributed by atoms with Crippen LogP contribution < -0.4 is 11.1 Å². The van der Waals surface area contributed by atoms with Gasteiger partial charge in [-0.3, -0.25) is 0 Å². The number of hydrogen-bond acceptors (Lipinski definition) is 5. The third-order valence-corrected chi connectivity index (χ3v) is 2.17. The fraction of sp³-hybridized carbons (Fsp3) is 0.818. The van der Waals surface area contributed by atoms with E-state index in [2.05, 4.69) is 10.1 Å². The van der Waals surface area contributed by atoms with Crippen LogP contribution in [0.5, 0.6) is 0 Å². The molecule has 0 aromatic heterocycles. The van der Waals surface area contributed by atoms with Crippen molar-refractivity contribution < 1.29 is 19.1 Å². The summed E-state index contributed by atoms with van der Waals surface area (Å²) in [5, 5.41) is 2.46. The van der Waals surface area contributed by atoms with Crippen LogP contribution in [0.2, 0.25) is 0 Å². The molecule has 6 heteroatoms. The van der Waals surface area contributed by atoms with E-state index in [-0.39, 0.29) is 6.54 Å². The minimum atomic E-state index is -1.22. The predicted octanol–water partition coefficient (Wildman–Crippen LogP) is 0.792. The quantitative estimate of drug-likeness (QED) is 0.716. The second kappa shape index (κ2) is 5.86. The van der Waals surface area contributed by atoms with Gasteiger partial charge in [0.1, 0.15) is 11.1 Å². The van der Waals surface area contributed by atoms with Crippen molar-refractivity contribution in [2.75, 3.05) is 13.7 Å². The van der Waals surface area contributed by atoms with Crippen molar-refractivity contribution >= 4 is 12.1 Å². The largest absolute Gasteiger partial charge is 0.468 e. The fourth-order valence-electron chi connectivity index (χ4n) is 1.09. The second-order valence-corrected chi connectivity index (χ2v) is 4.86. The number of ether oxygens (including phenoxy) is 2. The summed E-state index contributed by atoms with van der Waals surface area (Å²) in [5.41, 5.74) is 4.02. The molecule has 0 aromatic rings. The SMILES string of the molecule is CC[C@](N)(CNC(=O)OC(C)(C)C)C(=O)OC. The van der Waals surface area contributed by atoms with Gasteiger partial charge in [0.25, 0.3) is 0 Å². The summed E-state index contributed by atoms with van der Waals surface area (Å²) in [4.78, 5) is 22.8. The lowest BCUT2D eigenvalue weighted by Gasteiger charge is -2.26. The van der Waals surface area contributed by atoms with Gasteiger partial charge in [-0.15, -0.1) is 0 Å². The van der Waals surface area contributed by atoms with Gasteiger partial charge < -0.3 is 20.5 Å². The molecule has 0 unspecified atom stereocenters. The standard InChI is InChI=1S/C11H22N2O4/c1-6-11(12,8(14)16-5)7-13-9(15)17-10(2,3)4/h6-7,12H2,1-5H3,(H,13,15)/t11-/m0/s1. The number of nitrogens with one attached hydrogen (secondary N) is 1. The third-order valence-electron chi connectivity index (χ3n) is 2.17. The van der Waals surface area contributed by atoms with Crippen LogP contribution in [0.3, 0.4) is 0 Å². The summed E-state index contributed by atoms with van der Waals surface area (Å²) in [7, 11) is 1.26. The maximum atomic E-state index is 11.4. The molecule has 100 valence electrons. The van der Waals surface area contributed by atoms with Crippen LogP contribution in [-0.2, 0) is 14.3 Å². The molecular formula is C11H22N2O4. The molecule has 0 fully saturated rings. The minimum absolute atomic E-state index is 0.0227. The molecule has 0 aliphatic rings. The maximum absolute atomic E-state index is 11.4. The van der Waals surface area contributed by atoms with Crippen LogP contribution in [-0.4, -0.2) is 36.9 Å². The predicted molar refractivity (Wildman–Crippen MR) is 63.5 cm³/mol. The Morgan fingerprint density at radius 1 is 1.29 bits per heavy atom. The number of methoxy groups -OCH3 is 1. The number of amides is 1. The van der Waals surface area contributed by atoms with Crippen molar-refractivity contribution in [2.24, 2.45) is 5.73 Å². The summed E-state index contributed by atoms with van der Waals surface area (Å²) in [6.07, 6.45) is -0.250. The number of esters is 1. The van der Waals surface area contributed by atoms with Crippen molar-refractivity contribution in [3.63, 3.8) is 0 Å². The lowest BCUT2D eigenvalue weighted by atomic mass is 9.98. The Morgan fingerprint density at radius 2 is 1.82 bits per heavy atom. The first-order chi connectivity index (χ1) is 7.64. The number of hydrogen-bond donors (Lipinski definition) is 2. The van der Waals surface area contributed by atoms with Crippen LogP contribution in [0.4, 0.5) is 4.79 Å². The van der Waals surface area contributed by atoms with E-state index in [4.69, 9.17) is 10.5 Å². The van der Waals surface area contributed by atoms with Crippen LogP contribution in [0.25, 0.3) is 0 Å². The topological polar surface area (TPSA) is 90.6 Å². The van der Waals surface area contributed by atoms with Crippen molar-refractivity contribution in [3.05, 3.63) is 0 Å². The van der Waals surface area contributed by atoms with Gasteiger partial charge in [-0.2, -0.15) is 0 Å². The van der Waals surface area contributed by atoms with E-state index in [0.717, 1.165) is 0 Å². The molecule has 0 aliphatic carbocycles. The Morgan fingerprint density at radius 3 is 2.18 bits per heavy atom. The number of alkyl carbamates (subject to hydrolysis) is 1. The number of nitrogens with two attached hydrogens (primary N) is 1. The molecule has 0 aliphatic heterocycles. The molecule has 0 saturated carbocycles. The van der Waals surface area contributed by atoms with E-state index in [1.165, 1.54) is 7.11 Å². The van der Waals surface area contributed by atoms with E-state index in [1.54, 1.807) is 27.7 Å². The Balaban J connectivity index is 4.34. The molecule has 17 heavy (non-hydrogen) atoms. The fourth-order valence-corrected chi connectivity index (χ4v) is 1.09. The van der Waals surface area contributed by atoms with E-state index >= 15 is 0 Å². The highest BCUT2D eigenvalue weighted by molar-refractivity contribution is 5.81. The van der Waals surface area contributed by atoms with Gasteiger partial charge in [-0.1, -0.05) is 6.92 Å². The molecule has 1 amide bonds. The number of carbonyl (C=O) groups is 2. The summed E-state index contributed by atoms with van der Waals surface area (Å²) >= 11 is 0. The normalized spacial score (nSPS) is 14.7. The lowest BCUT2D eigenvalue weighted by Crippen LogP contribution is -2.56. The second-order valence-electron chi connectivity index (χ2n) is 4.86. The Labute approximate surface area is 102 Å². The Kier molecular flexibility index (Phi) is 5.41. The van der Waals surface area contributed by atoms with E-state index in [9.17, 15) is 9.59 Å². The lowest BCUT2D eigenvalue weighted by molar-refractivity contribution is -0.147. The molecule has 1 atom stereocenters. The molecule has 0 radical (unpaired) electrons. The van der Waals surface area contributed by atoms with Crippen molar-refractivity contribution in [1.29, 1.82) is 0 Å². The first-order valence-corrected chi connectivity index (χ1v) is 5.49. The van der Waals surface area contributed by atoms with Crippen LogP contribution in [0, 0.1) is 0 Å². The molecule has 0 bridgehead atoms. The van der Waals surface area contributed by atoms with Gasteiger partial charge in [0.05, 0.1) is 7.11 Å². The van der Waals surface area contributed by atoms with Crippen LogP contribution >= 0.6 is 0 Å². The molecule has 0 heterocycles. The number of rotatable bonds is 4. The van der Waals surface area contributed by atoms with Crippen molar-refractivity contribution in [3.8, 4) is 0 Å². The van der Waals surface area contributed by atoms with E-state index < -0.39 is 23.2 Å². The highest BCUT2D eigenvalue weighted by atomic mass is 16.6. The van der Waals surface area contributed by atoms with Crippen LogP contribution in [0.1, 0.15) is 34.1 Å². The Hall–Kier alpha value is -1.30. The molecule has 0 saturated heterocycles. The summed E-state index contributed by atoms with van der Waals surface area (Å²) < 4.78 is 9.62. The van der Waals surface area contributed by atoms with Gasteiger partial charge in [-0.25, -0.2) is 9.59 Å². The number of carbonyl (C=O) groups excluding carboxylic acids is 2. The van der Waals surface area contributed by atoms with Crippen molar-refractivity contribution in [1.82, 2.24) is 5.32 Å². The minimum Gasteiger partial charge on any atom is -0.468 e. The summed E-state index contributed by atoms with van der Waals surface area (Å²) in [5.74, 6) is -0.559. The zero-order valence-corrected chi connectivity index (χ0v) is 11.1. The zero-order chi connectivity index (χ0) is 13.7. The van der Waals surface area contributed by atoms with Crippen molar-refractivity contribution in [2.45, 2.75) is 45.3 Å². The zero-order valence-electron chi connectivity index (χ0n) is 11.1.